The zero-order valence-corrected chi connectivity index (χ0v) is 25.0. The highest BCUT2D eigenvalue weighted by atomic mass is 32.2. The number of carbonyl (C=O) groups excluding carboxylic acids is 2. The molecule has 2 unspecified atom stereocenters. The van der Waals surface area contributed by atoms with Gasteiger partial charge in [-0.15, -0.1) is 0 Å². The van der Waals surface area contributed by atoms with E-state index >= 15 is 0 Å². The number of carboxylic acid groups (broad SMARTS) is 2. The number of Topliss-reactive ketones (excluding diaryl/α,β-unsaturated/α-hetero) is 1. The normalized spacial score (nSPS) is 25.4. The number of rotatable bonds is 14. The maximum atomic E-state index is 13.1. The van der Waals surface area contributed by atoms with Crippen LogP contribution in [-0.2, 0) is 19.2 Å². The molecule has 2 saturated carbocycles. The molecular formula is C32H54O6S. The van der Waals surface area contributed by atoms with Crippen molar-refractivity contribution in [3.63, 3.8) is 0 Å². The molecule has 0 heterocycles. The lowest BCUT2D eigenvalue weighted by atomic mass is 9.85. The Labute approximate surface area is 240 Å². The van der Waals surface area contributed by atoms with Crippen LogP contribution in [-0.4, -0.2) is 44.7 Å². The third-order valence-corrected chi connectivity index (χ3v) is 10.6. The third-order valence-electron chi connectivity index (χ3n) is 8.92. The number of aldehydes is 1. The van der Waals surface area contributed by atoms with Gasteiger partial charge in [0.2, 0.25) is 0 Å². The molecule has 2 aliphatic carbocycles. The maximum absolute atomic E-state index is 13.1. The quantitative estimate of drug-likeness (QED) is 0.204. The molecule has 0 aromatic carbocycles. The monoisotopic (exact) mass is 566 g/mol. The first-order valence-electron chi connectivity index (χ1n) is 16.0. The summed E-state index contributed by atoms with van der Waals surface area (Å²) in [5, 5.41) is 19.0. The summed E-state index contributed by atoms with van der Waals surface area (Å²) < 4.78 is 0. The fourth-order valence-electron chi connectivity index (χ4n) is 6.64. The Morgan fingerprint density at radius 3 is 1.79 bits per heavy atom. The van der Waals surface area contributed by atoms with Gasteiger partial charge in [0.1, 0.15) is 12.1 Å². The predicted molar refractivity (Wildman–Crippen MR) is 158 cm³/mol. The van der Waals surface area contributed by atoms with Gasteiger partial charge in [-0.3, -0.25) is 14.4 Å². The van der Waals surface area contributed by atoms with Crippen LogP contribution in [0.2, 0.25) is 0 Å². The van der Waals surface area contributed by atoms with E-state index in [2.05, 4.69) is 0 Å². The highest BCUT2D eigenvalue weighted by molar-refractivity contribution is 8.00. The van der Waals surface area contributed by atoms with Gasteiger partial charge >= 0.3 is 11.9 Å². The molecule has 2 fully saturated rings. The molecule has 0 aliphatic heterocycles. The van der Waals surface area contributed by atoms with Gasteiger partial charge in [-0.1, -0.05) is 83.5 Å². The molecule has 2 rings (SSSR count). The lowest BCUT2D eigenvalue weighted by molar-refractivity contribution is -0.138. The summed E-state index contributed by atoms with van der Waals surface area (Å²) in [6.07, 6.45) is 23.8. The molecule has 4 atom stereocenters. The van der Waals surface area contributed by atoms with E-state index in [0.717, 1.165) is 19.1 Å². The Balaban J connectivity index is 1.99. The molecule has 0 bridgehead atoms. The van der Waals surface area contributed by atoms with Crippen molar-refractivity contribution in [2.24, 2.45) is 17.8 Å². The van der Waals surface area contributed by atoms with Crippen LogP contribution in [0.15, 0.2) is 0 Å². The zero-order chi connectivity index (χ0) is 28.3. The average molecular weight is 567 g/mol. The second-order valence-corrected chi connectivity index (χ2v) is 13.6. The molecule has 0 amide bonds. The van der Waals surface area contributed by atoms with Gasteiger partial charge in [-0.2, -0.15) is 11.8 Å². The maximum Gasteiger partial charge on any atom is 0.303 e. The van der Waals surface area contributed by atoms with Crippen LogP contribution in [0.4, 0.5) is 0 Å². The summed E-state index contributed by atoms with van der Waals surface area (Å²) in [5.41, 5.74) is 0. The van der Waals surface area contributed by atoms with Crippen molar-refractivity contribution in [2.75, 3.05) is 0 Å². The molecule has 0 aromatic heterocycles. The summed E-state index contributed by atoms with van der Waals surface area (Å²) in [6, 6.07) is 0. The van der Waals surface area contributed by atoms with Crippen LogP contribution in [0.25, 0.3) is 0 Å². The van der Waals surface area contributed by atoms with Gasteiger partial charge < -0.3 is 15.0 Å². The van der Waals surface area contributed by atoms with Crippen molar-refractivity contribution in [3.8, 4) is 0 Å². The van der Waals surface area contributed by atoms with E-state index in [9.17, 15) is 24.3 Å². The van der Waals surface area contributed by atoms with E-state index in [4.69, 9.17) is 5.11 Å². The number of thioether (sulfide) groups is 1. The summed E-state index contributed by atoms with van der Waals surface area (Å²) in [4.78, 5) is 46.8. The molecule has 0 radical (unpaired) electrons. The SMILES string of the molecule is O=CC(CCCC(=O)O)CCC[C@H]1C(SC2CCCCCCCCCCCCCC2)CC(=O)[C@@H]1CCC(=O)O. The fraction of sp³-hybridized carbons (Fsp3) is 0.875. The van der Waals surface area contributed by atoms with Gasteiger partial charge in [0.05, 0.1) is 0 Å². The molecule has 0 aromatic rings. The van der Waals surface area contributed by atoms with E-state index < -0.39 is 11.9 Å². The molecule has 6 nitrogen and oxygen atoms in total. The van der Waals surface area contributed by atoms with E-state index in [0.29, 0.717) is 37.4 Å². The zero-order valence-electron chi connectivity index (χ0n) is 24.2. The van der Waals surface area contributed by atoms with Crippen LogP contribution >= 0.6 is 11.8 Å². The standard InChI is InChI=1S/C32H54O6S/c33-24-25(16-14-20-31(35)36)15-13-19-28-27(21-22-32(37)38)29(34)23-30(28)39-26-17-11-9-7-5-3-1-2-4-6-8-10-12-18-26/h24-28,30H,1-23H2,(H,35,36)(H,37,38)/t25?,27-,28-,30?/m1/s1. The van der Waals surface area contributed by atoms with Crippen molar-refractivity contribution < 1.29 is 29.4 Å². The topological polar surface area (TPSA) is 109 Å². The predicted octanol–water partition coefficient (Wildman–Crippen LogP) is 8.24. The van der Waals surface area contributed by atoms with Gasteiger partial charge in [-0.05, 0) is 50.9 Å². The summed E-state index contributed by atoms with van der Waals surface area (Å²) in [5.74, 6) is -1.62. The molecule has 39 heavy (non-hydrogen) atoms. The van der Waals surface area contributed by atoms with Crippen LogP contribution in [0.3, 0.4) is 0 Å². The number of carboxylic acids is 2. The Bertz CT molecular complexity index is 709. The van der Waals surface area contributed by atoms with Crippen molar-refractivity contribution in [2.45, 2.75) is 158 Å². The molecule has 2 N–H and O–H groups in total. The van der Waals surface area contributed by atoms with Crippen LogP contribution in [0, 0.1) is 17.8 Å². The first-order chi connectivity index (χ1) is 18.9. The number of hydrogen-bond acceptors (Lipinski definition) is 5. The Hall–Kier alpha value is -1.37. The second kappa shape index (κ2) is 20.5. The van der Waals surface area contributed by atoms with Crippen molar-refractivity contribution in [1.29, 1.82) is 0 Å². The van der Waals surface area contributed by atoms with Crippen molar-refractivity contribution in [1.82, 2.24) is 0 Å². The summed E-state index contributed by atoms with van der Waals surface area (Å²) >= 11 is 2.02. The minimum Gasteiger partial charge on any atom is -0.481 e. The van der Waals surface area contributed by atoms with Crippen LogP contribution in [0.1, 0.15) is 148 Å². The van der Waals surface area contributed by atoms with Crippen molar-refractivity contribution >= 4 is 35.8 Å². The second-order valence-electron chi connectivity index (χ2n) is 12.1. The van der Waals surface area contributed by atoms with Crippen LogP contribution < -0.4 is 0 Å². The minimum atomic E-state index is -0.848. The van der Waals surface area contributed by atoms with E-state index in [-0.39, 0.29) is 41.6 Å². The largest absolute Gasteiger partial charge is 0.481 e. The molecular weight excluding hydrogens is 512 g/mol. The Morgan fingerprint density at radius 1 is 0.769 bits per heavy atom. The highest BCUT2D eigenvalue weighted by Gasteiger charge is 2.42. The number of ketones is 1. The smallest absolute Gasteiger partial charge is 0.303 e. The molecule has 2 aliphatic rings. The third kappa shape index (κ3) is 14.7. The number of hydrogen-bond donors (Lipinski definition) is 2. The van der Waals surface area contributed by atoms with Gasteiger partial charge in [0, 0.05) is 41.6 Å². The van der Waals surface area contributed by atoms with E-state index in [1.807, 2.05) is 11.8 Å². The molecule has 7 heteroatoms. The Kier molecular flexibility index (Phi) is 17.8. The molecule has 0 spiro atoms. The van der Waals surface area contributed by atoms with E-state index in [1.165, 1.54) is 89.9 Å². The number of aliphatic carboxylic acids is 2. The molecule has 0 saturated heterocycles. The Morgan fingerprint density at radius 2 is 1.28 bits per heavy atom. The lowest BCUT2D eigenvalue weighted by Gasteiger charge is -2.27. The number of carbonyl (C=O) groups is 4. The average Bonchev–Trinajstić information content (AvgIpc) is 3.18. The van der Waals surface area contributed by atoms with Gasteiger partial charge in [-0.25, -0.2) is 0 Å². The fourth-order valence-corrected chi connectivity index (χ4v) is 8.53. The first kappa shape index (κ1) is 33.8. The highest BCUT2D eigenvalue weighted by Crippen LogP contribution is 2.45. The summed E-state index contributed by atoms with van der Waals surface area (Å²) in [7, 11) is 0. The first-order valence-corrected chi connectivity index (χ1v) is 16.9. The van der Waals surface area contributed by atoms with Crippen molar-refractivity contribution in [3.05, 3.63) is 0 Å². The lowest BCUT2D eigenvalue weighted by Crippen LogP contribution is -2.22. The molecule has 224 valence electrons. The summed E-state index contributed by atoms with van der Waals surface area (Å²) in [6.45, 7) is 0. The minimum absolute atomic E-state index is 0.0277. The van der Waals surface area contributed by atoms with Crippen LogP contribution in [0.5, 0.6) is 0 Å². The van der Waals surface area contributed by atoms with Gasteiger partial charge in [0.15, 0.2) is 0 Å². The van der Waals surface area contributed by atoms with Gasteiger partial charge in [0.25, 0.3) is 0 Å². The van der Waals surface area contributed by atoms with E-state index in [1.54, 1.807) is 0 Å².